The molecule has 26 heavy (non-hydrogen) atoms. The van der Waals surface area contributed by atoms with E-state index in [4.69, 9.17) is 4.74 Å². The van der Waals surface area contributed by atoms with Crippen LogP contribution in [-0.4, -0.2) is 41.1 Å². The van der Waals surface area contributed by atoms with Gasteiger partial charge in [0.1, 0.15) is 10.8 Å². The van der Waals surface area contributed by atoms with Gasteiger partial charge in [-0.3, -0.25) is 9.59 Å². The molecule has 0 saturated carbocycles. The molecular formula is C18H22N4O3S. The van der Waals surface area contributed by atoms with Crippen molar-refractivity contribution in [1.82, 2.24) is 15.1 Å². The minimum Gasteiger partial charge on any atom is -0.497 e. The molecule has 0 spiro atoms. The Hall–Kier alpha value is -2.48. The molecule has 1 fully saturated rings. The molecule has 1 saturated heterocycles. The second-order valence-electron chi connectivity index (χ2n) is 6.63. The summed E-state index contributed by atoms with van der Waals surface area (Å²) in [5, 5.41) is 12.3. The predicted octanol–water partition coefficient (Wildman–Crippen LogP) is 2.83. The number of anilines is 1. The third-order valence-corrected chi connectivity index (χ3v) is 5.66. The Labute approximate surface area is 156 Å². The number of amides is 2. The Bertz CT molecular complexity index is 820. The van der Waals surface area contributed by atoms with E-state index in [-0.39, 0.29) is 30.2 Å². The molecule has 0 bridgehead atoms. The summed E-state index contributed by atoms with van der Waals surface area (Å²) in [6.45, 7) is 4.05. The molecule has 1 aliphatic rings. The number of hydrogen-bond donors (Lipinski definition) is 1. The first kappa shape index (κ1) is 18.3. The number of carbonyl (C=O) groups is 2. The molecule has 2 amide bonds. The maximum absolute atomic E-state index is 12.8. The average molecular weight is 374 g/mol. The lowest BCUT2D eigenvalue weighted by Crippen LogP contribution is -2.30. The Kier molecular flexibility index (Phi) is 5.22. The van der Waals surface area contributed by atoms with Gasteiger partial charge in [0.05, 0.1) is 19.1 Å². The molecule has 0 radical (unpaired) electrons. The largest absolute Gasteiger partial charge is 0.497 e. The summed E-state index contributed by atoms with van der Waals surface area (Å²) < 4.78 is 5.27. The highest BCUT2D eigenvalue weighted by Gasteiger charge is 2.43. The standard InChI is InChI=1S/C18H22N4O3S/c1-10(2)17-20-21-18(26-17)19-16(24)13-9-14(23)22(3)15(13)11-6-5-7-12(8-11)25-4/h5-8,10,13,15H,9H2,1-4H3,(H,19,21,24)/t13-,15+/m1/s1. The normalized spacial score (nSPS) is 19.9. The monoisotopic (exact) mass is 374 g/mol. The maximum atomic E-state index is 12.8. The Balaban J connectivity index is 1.83. The molecule has 1 aliphatic heterocycles. The van der Waals surface area contributed by atoms with Crippen LogP contribution in [0.25, 0.3) is 0 Å². The fraction of sp³-hybridized carbons (Fsp3) is 0.444. The summed E-state index contributed by atoms with van der Waals surface area (Å²) in [6, 6.07) is 7.13. The highest BCUT2D eigenvalue weighted by atomic mass is 32.1. The van der Waals surface area contributed by atoms with Gasteiger partial charge in [0.15, 0.2) is 0 Å². The summed E-state index contributed by atoms with van der Waals surface area (Å²) >= 11 is 1.36. The number of hydrogen-bond acceptors (Lipinski definition) is 6. The number of aromatic nitrogens is 2. The zero-order valence-corrected chi connectivity index (χ0v) is 16.0. The van der Waals surface area contributed by atoms with Gasteiger partial charge in [-0.1, -0.05) is 37.3 Å². The van der Waals surface area contributed by atoms with E-state index in [0.29, 0.717) is 10.9 Å². The highest BCUT2D eigenvalue weighted by Crippen LogP contribution is 2.39. The van der Waals surface area contributed by atoms with Crippen LogP contribution < -0.4 is 10.1 Å². The third kappa shape index (κ3) is 3.55. The quantitative estimate of drug-likeness (QED) is 0.870. The van der Waals surface area contributed by atoms with Crippen LogP contribution in [0.3, 0.4) is 0 Å². The van der Waals surface area contributed by atoms with E-state index in [9.17, 15) is 9.59 Å². The SMILES string of the molecule is COc1cccc([C@H]2[C@H](C(=O)Nc3nnc(C(C)C)s3)CC(=O)N2C)c1. The topological polar surface area (TPSA) is 84.4 Å². The van der Waals surface area contributed by atoms with Crippen LogP contribution in [-0.2, 0) is 9.59 Å². The zero-order chi connectivity index (χ0) is 18.8. The summed E-state index contributed by atoms with van der Waals surface area (Å²) in [4.78, 5) is 26.7. The lowest BCUT2D eigenvalue weighted by Gasteiger charge is -2.25. The Morgan fingerprint density at radius 3 is 2.81 bits per heavy atom. The van der Waals surface area contributed by atoms with E-state index >= 15 is 0 Å². The van der Waals surface area contributed by atoms with Gasteiger partial charge in [0, 0.05) is 19.4 Å². The molecule has 0 aliphatic carbocycles. The van der Waals surface area contributed by atoms with Crippen molar-refractivity contribution in [3.8, 4) is 5.75 Å². The maximum Gasteiger partial charge on any atom is 0.232 e. The molecule has 3 rings (SSSR count). The first-order chi connectivity index (χ1) is 12.4. The van der Waals surface area contributed by atoms with Gasteiger partial charge >= 0.3 is 0 Å². The summed E-state index contributed by atoms with van der Waals surface area (Å²) in [5.41, 5.74) is 0.873. The Morgan fingerprint density at radius 2 is 2.15 bits per heavy atom. The molecule has 0 unspecified atom stereocenters. The minimum absolute atomic E-state index is 0.0573. The summed E-state index contributed by atoms with van der Waals surface area (Å²) in [6.07, 6.45) is 0.167. The molecule has 2 aromatic rings. The van der Waals surface area contributed by atoms with Crippen molar-refractivity contribution >= 4 is 28.3 Å². The van der Waals surface area contributed by atoms with Crippen molar-refractivity contribution < 1.29 is 14.3 Å². The number of likely N-dealkylation sites (tertiary alicyclic amines) is 1. The molecule has 1 N–H and O–H groups in total. The van der Waals surface area contributed by atoms with E-state index in [1.165, 1.54) is 11.3 Å². The number of benzene rings is 1. The minimum atomic E-state index is -0.494. The first-order valence-corrected chi connectivity index (χ1v) is 9.26. The van der Waals surface area contributed by atoms with Crippen molar-refractivity contribution in [2.75, 3.05) is 19.5 Å². The fourth-order valence-corrected chi connectivity index (χ4v) is 3.85. The second kappa shape index (κ2) is 7.41. The van der Waals surface area contributed by atoms with Gasteiger partial charge in [-0.2, -0.15) is 0 Å². The van der Waals surface area contributed by atoms with E-state index < -0.39 is 5.92 Å². The van der Waals surface area contributed by atoms with Crippen molar-refractivity contribution in [2.45, 2.75) is 32.2 Å². The molecular weight excluding hydrogens is 352 g/mol. The molecule has 138 valence electrons. The summed E-state index contributed by atoms with van der Waals surface area (Å²) in [7, 11) is 3.32. The van der Waals surface area contributed by atoms with Gasteiger partial charge in [-0.05, 0) is 17.7 Å². The van der Waals surface area contributed by atoms with Gasteiger partial charge < -0.3 is 15.0 Å². The van der Waals surface area contributed by atoms with Crippen LogP contribution in [0.2, 0.25) is 0 Å². The lowest BCUT2D eigenvalue weighted by molar-refractivity contribution is -0.127. The van der Waals surface area contributed by atoms with E-state index in [0.717, 1.165) is 10.6 Å². The van der Waals surface area contributed by atoms with E-state index in [2.05, 4.69) is 15.5 Å². The zero-order valence-electron chi connectivity index (χ0n) is 15.2. The number of nitrogens with one attached hydrogen (secondary N) is 1. The predicted molar refractivity (Wildman–Crippen MR) is 99.2 cm³/mol. The van der Waals surface area contributed by atoms with Gasteiger partial charge in [-0.25, -0.2) is 0 Å². The molecule has 1 aromatic carbocycles. The summed E-state index contributed by atoms with van der Waals surface area (Å²) in [5.74, 6) is 0.174. The third-order valence-electron chi connectivity index (χ3n) is 4.52. The van der Waals surface area contributed by atoms with E-state index in [1.54, 1.807) is 19.1 Å². The van der Waals surface area contributed by atoms with Gasteiger partial charge in [-0.15, -0.1) is 10.2 Å². The fourth-order valence-electron chi connectivity index (χ4n) is 3.10. The molecule has 2 heterocycles. The van der Waals surface area contributed by atoms with E-state index in [1.807, 2.05) is 38.1 Å². The van der Waals surface area contributed by atoms with Crippen molar-refractivity contribution in [2.24, 2.45) is 5.92 Å². The van der Waals surface area contributed by atoms with Gasteiger partial charge in [0.2, 0.25) is 16.9 Å². The number of nitrogens with zero attached hydrogens (tertiary/aromatic N) is 3. The Morgan fingerprint density at radius 1 is 1.38 bits per heavy atom. The van der Waals surface area contributed by atoms with Crippen molar-refractivity contribution in [3.05, 3.63) is 34.8 Å². The van der Waals surface area contributed by atoms with Crippen LogP contribution in [0.4, 0.5) is 5.13 Å². The van der Waals surface area contributed by atoms with Crippen LogP contribution in [0.15, 0.2) is 24.3 Å². The highest BCUT2D eigenvalue weighted by molar-refractivity contribution is 7.15. The van der Waals surface area contributed by atoms with Crippen LogP contribution in [0.5, 0.6) is 5.75 Å². The number of methoxy groups -OCH3 is 1. The second-order valence-corrected chi connectivity index (χ2v) is 7.64. The van der Waals surface area contributed by atoms with Crippen molar-refractivity contribution in [3.63, 3.8) is 0 Å². The van der Waals surface area contributed by atoms with Crippen LogP contribution >= 0.6 is 11.3 Å². The van der Waals surface area contributed by atoms with Crippen LogP contribution in [0, 0.1) is 5.92 Å². The lowest BCUT2D eigenvalue weighted by atomic mass is 9.93. The van der Waals surface area contributed by atoms with Crippen molar-refractivity contribution in [1.29, 1.82) is 0 Å². The first-order valence-electron chi connectivity index (χ1n) is 8.44. The smallest absolute Gasteiger partial charge is 0.232 e. The van der Waals surface area contributed by atoms with Crippen LogP contribution in [0.1, 0.15) is 42.8 Å². The number of ether oxygens (including phenoxy) is 1. The number of carbonyl (C=O) groups excluding carboxylic acids is 2. The average Bonchev–Trinajstić information content (AvgIpc) is 3.20. The molecule has 7 nitrogen and oxygen atoms in total. The molecule has 8 heteroatoms. The number of rotatable bonds is 5. The molecule has 1 aromatic heterocycles. The van der Waals surface area contributed by atoms with Gasteiger partial charge in [0.25, 0.3) is 0 Å². The molecule has 2 atom stereocenters.